The first-order chi connectivity index (χ1) is 16.2. The zero-order chi connectivity index (χ0) is 24.3. The van der Waals surface area contributed by atoms with Gasteiger partial charge >= 0.3 is 12.1 Å². The van der Waals surface area contributed by atoms with Gasteiger partial charge in [0.05, 0.1) is 18.6 Å². The summed E-state index contributed by atoms with van der Waals surface area (Å²) in [6.07, 6.45) is -2.21. The number of rotatable bonds is 9. The summed E-state index contributed by atoms with van der Waals surface area (Å²) < 4.78 is 51.2. The average Bonchev–Trinajstić information content (AvgIpc) is 3.38. The third kappa shape index (κ3) is 5.62. The molecule has 0 saturated heterocycles. The van der Waals surface area contributed by atoms with Gasteiger partial charge in [0, 0.05) is 21.6 Å². The molecule has 4 rings (SSSR count). The van der Waals surface area contributed by atoms with Crippen LogP contribution in [0.1, 0.15) is 35.1 Å². The molecule has 178 valence electrons. The van der Waals surface area contributed by atoms with Gasteiger partial charge in [0.25, 0.3) is 0 Å². The molecule has 8 heteroatoms. The number of carboxylic acid groups (broad SMARTS) is 1. The highest BCUT2D eigenvalue weighted by Gasteiger charge is 2.30. The lowest BCUT2D eigenvalue weighted by Crippen LogP contribution is -2.03. The van der Waals surface area contributed by atoms with Crippen molar-refractivity contribution in [3.8, 4) is 17.1 Å². The van der Waals surface area contributed by atoms with Gasteiger partial charge in [0.15, 0.2) is 0 Å². The fourth-order valence-corrected chi connectivity index (χ4v) is 4.83. The third-order valence-corrected chi connectivity index (χ3v) is 6.55. The molecule has 1 N–H and O–H groups in total. The Bertz CT molecular complexity index is 1290. The fraction of sp³-hybridized carbons (Fsp3) is 0.269. The van der Waals surface area contributed by atoms with Gasteiger partial charge in [-0.05, 0) is 66.3 Å². The van der Waals surface area contributed by atoms with Crippen LogP contribution in [0.4, 0.5) is 13.2 Å². The predicted molar refractivity (Wildman–Crippen MR) is 126 cm³/mol. The second-order valence-electron chi connectivity index (χ2n) is 7.92. The average molecular weight is 489 g/mol. The largest absolute Gasteiger partial charge is 0.494 e. The van der Waals surface area contributed by atoms with Crippen LogP contribution in [-0.4, -0.2) is 17.7 Å². The second kappa shape index (κ2) is 9.93. The maximum absolute atomic E-state index is 12.8. The summed E-state index contributed by atoms with van der Waals surface area (Å²) in [4.78, 5) is 11.7. The summed E-state index contributed by atoms with van der Waals surface area (Å²) in [5.41, 5.74) is 0.943. The lowest BCUT2D eigenvalue weighted by Gasteiger charge is -2.06. The van der Waals surface area contributed by atoms with E-state index in [-0.39, 0.29) is 6.42 Å². The monoisotopic (exact) mass is 488 g/mol. The van der Waals surface area contributed by atoms with Gasteiger partial charge in [0.1, 0.15) is 17.3 Å². The summed E-state index contributed by atoms with van der Waals surface area (Å²) in [5, 5.41) is 9.92. The molecular weight excluding hydrogens is 465 g/mol. The summed E-state index contributed by atoms with van der Waals surface area (Å²) in [5.74, 6) is 1.25. The maximum Gasteiger partial charge on any atom is 0.416 e. The van der Waals surface area contributed by atoms with Crippen LogP contribution in [0.2, 0.25) is 0 Å². The van der Waals surface area contributed by atoms with Crippen molar-refractivity contribution < 1.29 is 32.2 Å². The third-order valence-electron chi connectivity index (χ3n) is 5.44. The minimum absolute atomic E-state index is 0.00839. The van der Waals surface area contributed by atoms with Gasteiger partial charge in [-0.15, -0.1) is 11.3 Å². The Morgan fingerprint density at radius 2 is 1.85 bits per heavy atom. The number of halogens is 3. The zero-order valence-corrected chi connectivity index (χ0v) is 19.3. The molecule has 0 radical (unpaired) electrons. The van der Waals surface area contributed by atoms with Crippen molar-refractivity contribution in [2.24, 2.45) is 0 Å². The molecule has 0 bridgehead atoms. The summed E-state index contributed by atoms with van der Waals surface area (Å²) in [6.45, 7) is 2.46. The van der Waals surface area contributed by atoms with E-state index in [2.05, 4.69) is 0 Å². The number of aryl methyl sites for hydroxylation is 2. The van der Waals surface area contributed by atoms with E-state index in [1.54, 1.807) is 0 Å². The Morgan fingerprint density at radius 1 is 1.09 bits per heavy atom. The summed E-state index contributed by atoms with van der Waals surface area (Å²) in [6, 6.07) is 14.5. The Balaban J connectivity index is 1.36. The highest BCUT2D eigenvalue weighted by atomic mass is 32.1. The molecule has 0 aliphatic heterocycles. The molecule has 2 heterocycles. The molecule has 0 amide bonds. The van der Waals surface area contributed by atoms with Crippen molar-refractivity contribution in [2.45, 2.75) is 38.8 Å². The normalized spacial score (nSPS) is 11.8. The van der Waals surface area contributed by atoms with E-state index in [9.17, 15) is 18.0 Å². The van der Waals surface area contributed by atoms with Gasteiger partial charge in [-0.25, -0.2) is 0 Å². The van der Waals surface area contributed by atoms with Gasteiger partial charge in [-0.1, -0.05) is 19.1 Å². The maximum atomic E-state index is 12.8. The van der Waals surface area contributed by atoms with Crippen LogP contribution in [0.3, 0.4) is 0 Å². The Labute approximate surface area is 198 Å². The van der Waals surface area contributed by atoms with Crippen molar-refractivity contribution in [3.63, 3.8) is 0 Å². The van der Waals surface area contributed by atoms with E-state index < -0.39 is 17.7 Å². The second-order valence-corrected chi connectivity index (χ2v) is 9.09. The van der Waals surface area contributed by atoms with E-state index in [0.29, 0.717) is 24.4 Å². The number of fused-ring (bicyclic) bond motifs is 1. The molecule has 4 aromatic rings. The van der Waals surface area contributed by atoms with Crippen molar-refractivity contribution in [2.75, 3.05) is 6.61 Å². The molecule has 0 fully saturated rings. The van der Waals surface area contributed by atoms with Gasteiger partial charge < -0.3 is 14.3 Å². The molecule has 2 aromatic carbocycles. The van der Waals surface area contributed by atoms with Crippen LogP contribution in [-0.2, 0) is 30.2 Å². The van der Waals surface area contributed by atoms with Crippen molar-refractivity contribution >= 4 is 27.4 Å². The highest BCUT2D eigenvalue weighted by Crippen LogP contribution is 2.33. The number of ether oxygens (including phenoxy) is 1. The topological polar surface area (TPSA) is 59.7 Å². The van der Waals surface area contributed by atoms with E-state index in [4.69, 9.17) is 14.3 Å². The molecule has 0 aliphatic carbocycles. The van der Waals surface area contributed by atoms with Crippen molar-refractivity contribution in [1.29, 1.82) is 0 Å². The number of benzene rings is 2. The Kier molecular flexibility index (Phi) is 6.97. The molecular formula is C26H23F3O4S. The molecule has 0 saturated carbocycles. The number of carbonyl (C=O) groups is 1. The Hall–Kier alpha value is -3.26. The van der Waals surface area contributed by atoms with Gasteiger partial charge in [-0.2, -0.15) is 13.2 Å². The first kappa shape index (κ1) is 23.9. The SMILES string of the molecule is CCc1oc(-c2ccc(C(F)(F)F)cc2)cc1CCCOc1ccc2sc(CC(=O)O)cc2c1. The smallest absolute Gasteiger partial charge is 0.416 e. The predicted octanol–water partition coefficient (Wildman–Crippen LogP) is 7.38. The number of alkyl halides is 3. The van der Waals surface area contributed by atoms with Gasteiger partial charge in [-0.3, -0.25) is 4.79 Å². The summed E-state index contributed by atoms with van der Waals surface area (Å²) >= 11 is 1.46. The number of carboxylic acids is 1. The van der Waals surface area contributed by atoms with E-state index in [1.807, 2.05) is 37.3 Å². The lowest BCUT2D eigenvalue weighted by atomic mass is 10.1. The number of hydrogen-bond donors (Lipinski definition) is 1. The number of hydrogen-bond acceptors (Lipinski definition) is 4. The molecule has 0 spiro atoms. The molecule has 0 aliphatic rings. The first-order valence-corrected chi connectivity index (χ1v) is 11.7. The molecule has 0 unspecified atom stereocenters. The number of thiophene rings is 1. The van der Waals surface area contributed by atoms with E-state index in [1.165, 1.54) is 23.5 Å². The van der Waals surface area contributed by atoms with E-state index >= 15 is 0 Å². The van der Waals surface area contributed by atoms with Crippen molar-refractivity contribution in [3.05, 3.63) is 76.4 Å². The highest BCUT2D eigenvalue weighted by molar-refractivity contribution is 7.19. The van der Waals surface area contributed by atoms with Gasteiger partial charge in [0.2, 0.25) is 0 Å². The standard InChI is InChI=1S/C26H23F3O4S/c1-2-22-17(14-23(33-22)16-5-7-19(8-6-16)26(27,28)29)4-3-11-32-20-9-10-24-18(12-20)13-21(34-24)15-25(30)31/h5-10,12-14H,2-4,11,15H2,1H3,(H,30,31). The Morgan fingerprint density at radius 3 is 2.53 bits per heavy atom. The number of furan rings is 1. The fourth-order valence-electron chi connectivity index (χ4n) is 3.80. The number of aliphatic carboxylic acids is 1. The van der Waals surface area contributed by atoms with Crippen LogP contribution < -0.4 is 4.74 Å². The van der Waals surface area contributed by atoms with Crippen LogP contribution in [0.15, 0.2) is 59.0 Å². The molecule has 34 heavy (non-hydrogen) atoms. The molecule has 0 atom stereocenters. The minimum Gasteiger partial charge on any atom is -0.494 e. The zero-order valence-electron chi connectivity index (χ0n) is 18.4. The molecule has 4 nitrogen and oxygen atoms in total. The van der Waals surface area contributed by atoms with Crippen LogP contribution in [0, 0.1) is 0 Å². The lowest BCUT2D eigenvalue weighted by molar-refractivity contribution is -0.138. The van der Waals surface area contributed by atoms with Crippen molar-refractivity contribution in [1.82, 2.24) is 0 Å². The quantitative estimate of drug-likeness (QED) is 0.250. The summed E-state index contributed by atoms with van der Waals surface area (Å²) in [7, 11) is 0. The van der Waals surface area contributed by atoms with Crippen LogP contribution >= 0.6 is 11.3 Å². The minimum atomic E-state index is -4.36. The van der Waals surface area contributed by atoms with Crippen LogP contribution in [0.25, 0.3) is 21.4 Å². The first-order valence-electron chi connectivity index (χ1n) is 10.9. The van der Waals surface area contributed by atoms with Crippen LogP contribution in [0.5, 0.6) is 5.75 Å². The molecule has 2 aromatic heterocycles. The van der Waals surface area contributed by atoms with E-state index in [0.717, 1.165) is 57.0 Å².